The number of rotatable bonds is 5. The highest BCUT2D eigenvalue weighted by atomic mass is 19.1. The number of amides is 1. The highest BCUT2D eigenvalue weighted by Gasteiger charge is 2.25. The molecule has 144 valence electrons. The predicted molar refractivity (Wildman–Crippen MR) is 105 cm³/mol. The van der Waals surface area contributed by atoms with E-state index in [-0.39, 0.29) is 11.7 Å². The summed E-state index contributed by atoms with van der Waals surface area (Å²) in [5.74, 6) is -0.521. The smallest absolute Gasteiger partial charge is 0.276 e. The van der Waals surface area contributed by atoms with Gasteiger partial charge in [0, 0.05) is 24.1 Å². The third-order valence-corrected chi connectivity index (χ3v) is 4.96. The van der Waals surface area contributed by atoms with Gasteiger partial charge in [-0.05, 0) is 67.6 Å². The van der Waals surface area contributed by atoms with Crippen molar-refractivity contribution in [1.29, 1.82) is 0 Å². The van der Waals surface area contributed by atoms with Gasteiger partial charge in [0.15, 0.2) is 5.69 Å². The Hall–Kier alpha value is -2.99. The number of benzene rings is 2. The average Bonchev–Trinajstić information content (AvgIpc) is 3.09. The number of fused-ring (bicyclic) bond motifs is 1. The molecule has 1 aromatic heterocycles. The molecular weight excluding hydrogens is 357 g/mol. The second kappa shape index (κ2) is 7.94. The van der Waals surface area contributed by atoms with Gasteiger partial charge >= 0.3 is 0 Å². The fraction of sp³-hybridized carbons (Fsp3) is 0.273. The van der Waals surface area contributed by atoms with Crippen LogP contribution in [-0.4, -0.2) is 22.8 Å². The minimum atomic E-state index is -0.293. The molecule has 5 nitrogen and oxygen atoms in total. The molecule has 0 unspecified atom stereocenters. The number of aromatic nitrogens is 2. The number of nitrogens with one attached hydrogen (secondary N) is 1. The standard InChI is InChI=1S/C22H22FN3O2/c1-28-14-15-5-4-6-17(13-15)24-22(27)21-19-7-2-3-8-20(19)26(25-21)18-11-9-16(23)10-12-18/h4-6,9-13H,2-3,7-8,14H2,1H3,(H,24,27). The molecule has 0 spiro atoms. The molecule has 2 aromatic carbocycles. The summed E-state index contributed by atoms with van der Waals surface area (Å²) in [5.41, 5.74) is 4.92. The summed E-state index contributed by atoms with van der Waals surface area (Å²) in [5, 5.41) is 7.55. The van der Waals surface area contributed by atoms with Gasteiger partial charge in [-0.25, -0.2) is 9.07 Å². The summed E-state index contributed by atoms with van der Waals surface area (Å²) in [4.78, 5) is 13.0. The SMILES string of the molecule is COCc1cccc(NC(=O)c2nn(-c3ccc(F)cc3)c3c2CCCC3)c1. The Morgan fingerprint density at radius 1 is 1.18 bits per heavy atom. The van der Waals surface area contributed by atoms with Crippen LogP contribution in [0.15, 0.2) is 48.5 Å². The molecule has 1 amide bonds. The topological polar surface area (TPSA) is 56.1 Å². The van der Waals surface area contributed by atoms with Crippen LogP contribution < -0.4 is 5.32 Å². The lowest BCUT2D eigenvalue weighted by molar-refractivity contribution is 0.102. The second-order valence-electron chi connectivity index (χ2n) is 6.96. The Bertz CT molecular complexity index is 996. The fourth-order valence-corrected chi connectivity index (χ4v) is 3.67. The molecule has 3 aromatic rings. The van der Waals surface area contributed by atoms with E-state index in [0.717, 1.165) is 48.2 Å². The lowest BCUT2D eigenvalue weighted by Gasteiger charge is -2.14. The number of halogens is 1. The Morgan fingerprint density at radius 3 is 2.75 bits per heavy atom. The minimum Gasteiger partial charge on any atom is -0.380 e. The van der Waals surface area contributed by atoms with Gasteiger partial charge in [-0.3, -0.25) is 4.79 Å². The largest absolute Gasteiger partial charge is 0.380 e. The van der Waals surface area contributed by atoms with Crippen LogP contribution in [0.2, 0.25) is 0 Å². The lowest BCUT2D eigenvalue weighted by Crippen LogP contribution is -2.15. The van der Waals surface area contributed by atoms with Gasteiger partial charge in [0.05, 0.1) is 12.3 Å². The molecule has 4 rings (SSSR count). The molecule has 0 bridgehead atoms. The lowest BCUT2D eigenvalue weighted by atomic mass is 9.95. The number of nitrogens with zero attached hydrogens (tertiary/aromatic N) is 2. The van der Waals surface area contributed by atoms with Crippen molar-refractivity contribution in [2.24, 2.45) is 0 Å². The average molecular weight is 379 g/mol. The Kier molecular flexibility index (Phi) is 5.21. The number of hydrogen-bond acceptors (Lipinski definition) is 3. The van der Waals surface area contributed by atoms with Crippen LogP contribution >= 0.6 is 0 Å². The van der Waals surface area contributed by atoms with Gasteiger partial charge in [0.1, 0.15) is 5.82 Å². The number of carbonyl (C=O) groups excluding carboxylic acids is 1. The minimum absolute atomic E-state index is 0.228. The third-order valence-electron chi connectivity index (χ3n) is 4.96. The maximum Gasteiger partial charge on any atom is 0.276 e. The van der Waals surface area contributed by atoms with Gasteiger partial charge in [-0.2, -0.15) is 5.10 Å². The van der Waals surface area contributed by atoms with E-state index >= 15 is 0 Å². The fourth-order valence-electron chi connectivity index (χ4n) is 3.67. The molecule has 1 N–H and O–H groups in total. The zero-order valence-corrected chi connectivity index (χ0v) is 15.7. The third kappa shape index (κ3) is 3.68. The number of methoxy groups -OCH3 is 1. The first-order chi connectivity index (χ1) is 13.7. The summed E-state index contributed by atoms with van der Waals surface area (Å²) < 4.78 is 20.2. The molecule has 1 heterocycles. The van der Waals surface area contributed by atoms with Gasteiger partial charge < -0.3 is 10.1 Å². The van der Waals surface area contributed by atoms with E-state index in [2.05, 4.69) is 10.4 Å². The summed E-state index contributed by atoms with van der Waals surface area (Å²) >= 11 is 0. The number of carbonyl (C=O) groups is 1. The first kappa shape index (κ1) is 18.4. The molecule has 0 radical (unpaired) electrons. The summed E-state index contributed by atoms with van der Waals surface area (Å²) in [7, 11) is 1.64. The molecule has 28 heavy (non-hydrogen) atoms. The zero-order chi connectivity index (χ0) is 19.5. The Labute approximate surface area is 163 Å². The Morgan fingerprint density at radius 2 is 1.96 bits per heavy atom. The number of ether oxygens (including phenoxy) is 1. The van der Waals surface area contributed by atoms with Crippen molar-refractivity contribution < 1.29 is 13.9 Å². The van der Waals surface area contributed by atoms with Crippen molar-refractivity contribution in [3.05, 3.63) is 76.9 Å². The molecule has 0 fully saturated rings. The quantitative estimate of drug-likeness (QED) is 0.720. The van der Waals surface area contributed by atoms with Crippen molar-refractivity contribution >= 4 is 11.6 Å². The van der Waals surface area contributed by atoms with E-state index in [1.54, 1.807) is 23.9 Å². The summed E-state index contributed by atoms with van der Waals surface area (Å²) in [6.45, 7) is 0.484. The van der Waals surface area contributed by atoms with E-state index in [1.165, 1.54) is 12.1 Å². The van der Waals surface area contributed by atoms with Crippen LogP contribution in [0.1, 0.15) is 40.2 Å². The van der Waals surface area contributed by atoms with Crippen molar-refractivity contribution in [1.82, 2.24) is 9.78 Å². The monoisotopic (exact) mass is 379 g/mol. The number of hydrogen-bond donors (Lipinski definition) is 1. The van der Waals surface area contributed by atoms with Crippen LogP contribution in [0.5, 0.6) is 0 Å². The van der Waals surface area contributed by atoms with Crippen LogP contribution in [-0.2, 0) is 24.2 Å². The zero-order valence-electron chi connectivity index (χ0n) is 15.7. The number of anilines is 1. The Balaban J connectivity index is 1.66. The molecule has 0 atom stereocenters. The molecule has 1 aliphatic carbocycles. The van der Waals surface area contributed by atoms with E-state index in [4.69, 9.17) is 4.74 Å². The molecule has 6 heteroatoms. The van der Waals surface area contributed by atoms with Crippen molar-refractivity contribution in [3.63, 3.8) is 0 Å². The highest BCUT2D eigenvalue weighted by molar-refractivity contribution is 6.04. The van der Waals surface area contributed by atoms with Crippen LogP contribution in [0, 0.1) is 5.82 Å². The molecular formula is C22H22FN3O2. The molecule has 0 saturated heterocycles. The van der Waals surface area contributed by atoms with Crippen LogP contribution in [0.3, 0.4) is 0 Å². The normalized spacial score (nSPS) is 13.2. The highest BCUT2D eigenvalue weighted by Crippen LogP contribution is 2.27. The summed E-state index contributed by atoms with van der Waals surface area (Å²) in [6, 6.07) is 13.8. The first-order valence-electron chi connectivity index (χ1n) is 9.41. The molecule has 0 aliphatic heterocycles. The molecule has 0 saturated carbocycles. The van der Waals surface area contributed by atoms with Crippen LogP contribution in [0.4, 0.5) is 10.1 Å². The van der Waals surface area contributed by atoms with Gasteiger partial charge in [-0.1, -0.05) is 12.1 Å². The van der Waals surface area contributed by atoms with E-state index in [9.17, 15) is 9.18 Å². The van der Waals surface area contributed by atoms with E-state index in [1.807, 2.05) is 24.3 Å². The van der Waals surface area contributed by atoms with Gasteiger partial charge in [0.2, 0.25) is 0 Å². The van der Waals surface area contributed by atoms with Crippen molar-refractivity contribution in [3.8, 4) is 5.69 Å². The maximum atomic E-state index is 13.3. The van der Waals surface area contributed by atoms with E-state index < -0.39 is 0 Å². The van der Waals surface area contributed by atoms with Crippen LogP contribution in [0.25, 0.3) is 5.69 Å². The maximum absolute atomic E-state index is 13.3. The van der Waals surface area contributed by atoms with E-state index in [0.29, 0.717) is 18.0 Å². The van der Waals surface area contributed by atoms with Gasteiger partial charge in [-0.15, -0.1) is 0 Å². The van der Waals surface area contributed by atoms with Crippen molar-refractivity contribution in [2.75, 3.05) is 12.4 Å². The second-order valence-corrected chi connectivity index (χ2v) is 6.96. The van der Waals surface area contributed by atoms with Crippen molar-refractivity contribution in [2.45, 2.75) is 32.3 Å². The van der Waals surface area contributed by atoms with Gasteiger partial charge in [0.25, 0.3) is 5.91 Å². The molecule has 1 aliphatic rings. The first-order valence-corrected chi connectivity index (χ1v) is 9.41. The predicted octanol–water partition coefficient (Wildman–Crippen LogP) is 4.29. The summed E-state index contributed by atoms with van der Waals surface area (Å²) in [6.07, 6.45) is 3.77.